The van der Waals surface area contributed by atoms with Gasteiger partial charge in [-0.15, -0.1) is 12.4 Å². The van der Waals surface area contributed by atoms with E-state index in [2.05, 4.69) is 4.98 Å². The van der Waals surface area contributed by atoms with Gasteiger partial charge in [0.25, 0.3) is 0 Å². The molecule has 0 saturated carbocycles. The fourth-order valence-corrected chi connectivity index (χ4v) is 5.28. The van der Waals surface area contributed by atoms with Crippen LogP contribution in [0.4, 0.5) is 5.13 Å². The lowest BCUT2D eigenvalue weighted by atomic mass is 10.3. The van der Waals surface area contributed by atoms with Gasteiger partial charge < -0.3 is 9.64 Å². The Hall–Kier alpha value is -2.20. The van der Waals surface area contributed by atoms with Crippen molar-refractivity contribution >= 4 is 54.8 Å². The highest BCUT2D eigenvalue weighted by atomic mass is 35.5. The number of anilines is 1. The number of carbonyl (C=O) groups is 1. The van der Waals surface area contributed by atoms with Gasteiger partial charge in [0.15, 0.2) is 15.0 Å². The van der Waals surface area contributed by atoms with Gasteiger partial charge in [0.05, 0.1) is 27.5 Å². The summed E-state index contributed by atoms with van der Waals surface area (Å²) in [6.07, 6.45) is -0.106. The van der Waals surface area contributed by atoms with E-state index in [1.165, 1.54) is 11.3 Å². The number of ether oxygens (including phenoxy) is 1. The summed E-state index contributed by atoms with van der Waals surface area (Å²) in [6, 6.07) is 13.8. The number of fused-ring (bicyclic) bond motifs is 1. The highest BCUT2D eigenvalue weighted by molar-refractivity contribution is 7.91. The number of benzene rings is 2. The maximum atomic E-state index is 13.1. The number of rotatable bonds is 10. The van der Waals surface area contributed by atoms with Crippen LogP contribution < -0.4 is 9.64 Å². The second-order valence-corrected chi connectivity index (χ2v) is 10.4. The Labute approximate surface area is 199 Å². The topological polar surface area (TPSA) is 79.8 Å². The summed E-state index contributed by atoms with van der Waals surface area (Å²) in [6.45, 7) is 3.56. The van der Waals surface area contributed by atoms with E-state index < -0.39 is 9.84 Å². The van der Waals surface area contributed by atoms with Crippen LogP contribution in [0.2, 0.25) is 0 Å². The van der Waals surface area contributed by atoms with Crippen LogP contribution in [0, 0.1) is 0 Å². The number of amides is 1. The van der Waals surface area contributed by atoms with Crippen LogP contribution in [0.1, 0.15) is 13.3 Å². The average molecular weight is 498 g/mol. The molecule has 0 aliphatic carbocycles. The van der Waals surface area contributed by atoms with E-state index >= 15 is 0 Å². The summed E-state index contributed by atoms with van der Waals surface area (Å²) >= 11 is 1.40. The quantitative estimate of drug-likeness (QED) is 0.423. The van der Waals surface area contributed by atoms with Gasteiger partial charge >= 0.3 is 0 Å². The number of sulfone groups is 1. The maximum Gasteiger partial charge on any atom is 0.229 e. The van der Waals surface area contributed by atoms with Crippen molar-refractivity contribution in [3.05, 3.63) is 48.5 Å². The van der Waals surface area contributed by atoms with Crippen molar-refractivity contribution in [3.63, 3.8) is 0 Å². The minimum Gasteiger partial charge on any atom is -0.494 e. The number of hydrogen-bond acceptors (Lipinski definition) is 7. The Morgan fingerprint density at radius 1 is 1.09 bits per heavy atom. The molecule has 0 bridgehead atoms. The van der Waals surface area contributed by atoms with Gasteiger partial charge in [-0.25, -0.2) is 13.4 Å². The summed E-state index contributed by atoms with van der Waals surface area (Å²) in [5, 5.41) is 0.563. The molecule has 1 amide bonds. The molecule has 3 aromatic rings. The molecule has 0 fully saturated rings. The van der Waals surface area contributed by atoms with E-state index in [1.807, 2.05) is 44.1 Å². The molecule has 0 radical (unpaired) electrons. The van der Waals surface area contributed by atoms with Crippen molar-refractivity contribution in [2.45, 2.75) is 18.2 Å². The fraction of sp³-hybridized carbons (Fsp3) is 0.364. The number of aromatic nitrogens is 1. The largest absolute Gasteiger partial charge is 0.494 e. The molecule has 0 spiro atoms. The first-order valence-corrected chi connectivity index (χ1v) is 12.5. The van der Waals surface area contributed by atoms with Gasteiger partial charge in [-0.2, -0.15) is 0 Å². The van der Waals surface area contributed by atoms with Crippen LogP contribution in [0.25, 0.3) is 10.2 Å². The van der Waals surface area contributed by atoms with Crippen molar-refractivity contribution in [2.24, 2.45) is 0 Å². The molecule has 3 rings (SSSR count). The lowest BCUT2D eigenvalue weighted by Gasteiger charge is -2.22. The third-order valence-electron chi connectivity index (χ3n) is 4.65. The molecule has 0 aliphatic rings. The molecular formula is C22H28ClN3O4S2. The molecule has 0 unspecified atom stereocenters. The van der Waals surface area contributed by atoms with Gasteiger partial charge in [-0.3, -0.25) is 9.69 Å². The molecule has 0 N–H and O–H groups in total. The van der Waals surface area contributed by atoms with Gasteiger partial charge in [0.2, 0.25) is 5.91 Å². The van der Waals surface area contributed by atoms with E-state index in [0.29, 0.717) is 24.8 Å². The fourth-order valence-electron chi connectivity index (χ4n) is 2.99. The monoisotopic (exact) mass is 497 g/mol. The summed E-state index contributed by atoms with van der Waals surface area (Å²) in [7, 11) is 0.321. The van der Waals surface area contributed by atoms with E-state index in [-0.39, 0.29) is 35.4 Å². The van der Waals surface area contributed by atoms with E-state index in [4.69, 9.17) is 4.74 Å². The summed E-state index contributed by atoms with van der Waals surface area (Å²) in [4.78, 5) is 21.5. The summed E-state index contributed by atoms with van der Waals surface area (Å²) in [5.74, 6) is 0.254. The van der Waals surface area contributed by atoms with E-state index in [9.17, 15) is 13.2 Å². The lowest BCUT2D eigenvalue weighted by Crippen LogP contribution is -2.37. The molecule has 1 heterocycles. The highest BCUT2D eigenvalue weighted by Crippen LogP contribution is 2.32. The van der Waals surface area contributed by atoms with Crippen LogP contribution in [-0.2, 0) is 14.6 Å². The van der Waals surface area contributed by atoms with Gasteiger partial charge in [-0.1, -0.05) is 29.5 Å². The van der Waals surface area contributed by atoms with Crippen LogP contribution in [0.3, 0.4) is 0 Å². The SMILES string of the molecule is CCOc1ccc2nc(N(CCN(C)C)C(=O)CCS(=O)(=O)c3ccccc3)sc2c1.Cl. The first-order chi connectivity index (χ1) is 14.8. The third kappa shape index (κ3) is 6.65. The molecular weight excluding hydrogens is 470 g/mol. The molecule has 0 saturated heterocycles. The van der Waals surface area contributed by atoms with Crippen LogP contribution in [0.15, 0.2) is 53.4 Å². The number of halogens is 1. The second-order valence-electron chi connectivity index (χ2n) is 7.29. The summed E-state index contributed by atoms with van der Waals surface area (Å²) in [5.41, 5.74) is 0.781. The maximum absolute atomic E-state index is 13.1. The molecule has 7 nitrogen and oxygen atoms in total. The molecule has 0 aliphatic heterocycles. The van der Waals surface area contributed by atoms with Crippen LogP contribution in [-0.4, -0.2) is 63.8 Å². The highest BCUT2D eigenvalue weighted by Gasteiger charge is 2.23. The molecule has 0 atom stereocenters. The second kappa shape index (κ2) is 11.6. The lowest BCUT2D eigenvalue weighted by molar-refractivity contribution is -0.118. The Balaban J connectivity index is 0.00000363. The number of nitrogens with zero attached hydrogens (tertiary/aromatic N) is 3. The predicted molar refractivity (Wildman–Crippen MR) is 132 cm³/mol. The Morgan fingerprint density at radius 3 is 2.47 bits per heavy atom. The zero-order valence-electron chi connectivity index (χ0n) is 18.4. The van der Waals surface area contributed by atoms with Crippen molar-refractivity contribution in [1.82, 2.24) is 9.88 Å². The molecule has 10 heteroatoms. The minimum atomic E-state index is -3.53. The zero-order chi connectivity index (χ0) is 22.4. The van der Waals surface area contributed by atoms with Gasteiger partial charge in [0, 0.05) is 19.5 Å². The van der Waals surface area contributed by atoms with Crippen molar-refractivity contribution in [2.75, 3.05) is 44.4 Å². The Bertz CT molecular complexity index is 1130. The summed E-state index contributed by atoms with van der Waals surface area (Å²) < 4.78 is 31.7. The number of likely N-dealkylation sites (N-methyl/N-ethyl adjacent to an activating group) is 1. The standard InChI is InChI=1S/C22H27N3O4S2.ClH/c1-4-29-17-10-11-19-20(16-17)30-22(23-19)25(14-13-24(2)3)21(26)12-15-31(27,28)18-8-6-5-7-9-18;/h5-11,16H,4,12-15H2,1-3H3;1H. The number of hydrogen-bond donors (Lipinski definition) is 0. The predicted octanol–water partition coefficient (Wildman–Crippen LogP) is 3.88. The first kappa shape index (κ1) is 26.1. The normalized spacial score (nSPS) is 11.4. The first-order valence-electron chi connectivity index (χ1n) is 10.1. The molecule has 1 aromatic heterocycles. The van der Waals surface area contributed by atoms with Crippen molar-refractivity contribution in [3.8, 4) is 5.75 Å². The smallest absolute Gasteiger partial charge is 0.229 e. The average Bonchev–Trinajstić information content (AvgIpc) is 3.16. The van der Waals surface area contributed by atoms with E-state index in [1.54, 1.807) is 35.2 Å². The minimum absolute atomic E-state index is 0. The van der Waals surface area contributed by atoms with Crippen molar-refractivity contribution in [1.29, 1.82) is 0 Å². The Kier molecular flexibility index (Phi) is 9.45. The van der Waals surface area contributed by atoms with E-state index in [0.717, 1.165) is 16.0 Å². The zero-order valence-corrected chi connectivity index (χ0v) is 20.8. The van der Waals surface area contributed by atoms with Crippen molar-refractivity contribution < 1.29 is 17.9 Å². The van der Waals surface area contributed by atoms with Gasteiger partial charge in [0.1, 0.15) is 5.75 Å². The van der Waals surface area contributed by atoms with Crippen LogP contribution in [0.5, 0.6) is 5.75 Å². The third-order valence-corrected chi connectivity index (χ3v) is 7.42. The number of thiazole rings is 1. The van der Waals surface area contributed by atoms with Crippen LogP contribution >= 0.6 is 23.7 Å². The van der Waals surface area contributed by atoms with Gasteiger partial charge in [-0.05, 0) is 51.4 Å². The number of carbonyl (C=O) groups excluding carboxylic acids is 1. The molecule has 2 aromatic carbocycles. The molecule has 32 heavy (non-hydrogen) atoms. The Morgan fingerprint density at radius 2 is 1.81 bits per heavy atom. The molecule has 174 valence electrons.